The van der Waals surface area contributed by atoms with Crippen LogP contribution in [0.15, 0.2) is 0 Å². The number of rotatable bonds is 32. The van der Waals surface area contributed by atoms with Crippen molar-refractivity contribution >= 4 is 22.1 Å². The third kappa shape index (κ3) is 24.0. The molecule has 0 aromatic heterocycles. The molecule has 0 aliphatic carbocycles. The topological polar surface area (TPSA) is 186 Å². The summed E-state index contributed by atoms with van der Waals surface area (Å²) in [6.07, 6.45) is 16.0. The zero-order valence-electron chi connectivity index (χ0n) is 31.0. The van der Waals surface area contributed by atoms with Crippen molar-refractivity contribution in [1.82, 2.24) is 0 Å². The highest BCUT2D eigenvalue weighted by Crippen LogP contribution is 2.24. The molecule has 0 radical (unpaired) electrons. The van der Waals surface area contributed by atoms with E-state index >= 15 is 0 Å². The zero-order chi connectivity index (χ0) is 37.0. The molecule has 13 heteroatoms. The predicted molar refractivity (Wildman–Crippen MR) is 192 cm³/mol. The molecule has 1 aliphatic heterocycles. The smallest absolute Gasteiger partial charge is 0.306 e. The monoisotopic (exact) mass is 738 g/mol. The maximum absolute atomic E-state index is 12.7. The van der Waals surface area contributed by atoms with E-state index in [0.29, 0.717) is 12.8 Å². The Labute approximate surface area is 302 Å². The minimum absolute atomic E-state index is 0.171. The molecule has 1 saturated heterocycles. The molecule has 1 heterocycles. The number of hydrogen-bond acceptors (Lipinski definition) is 11. The van der Waals surface area contributed by atoms with Crippen LogP contribution in [0.4, 0.5) is 0 Å². The summed E-state index contributed by atoms with van der Waals surface area (Å²) in [5.41, 5.74) is 0. The first-order valence-electron chi connectivity index (χ1n) is 19.6. The fraction of sp³-hybridized carbons (Fsp3) is 0.946. The van der Waals surface area contributed by atoms with Gasteiger partial charge in [0.1, 0.15) is 36.8 Å². The second kappa shape index (κ2) is 29.1. The van der Waals surface area contributed by atoms with E-state index in [0.717, 1.165) is 38.5 Å². The summed E-state index contributed by atoms with van der Waals surface area (Å²) >= 11 is 0. The van der Waals surface area contributed by atoms with Crippen LogP contribution >= 0.6 is 0 Å². The highest BCUT2D eigenvalue weighted by molar-refractivity contribution is 7.85. The van der Waals surface area contributed by atoms with Gasteiger partial charge in [-0.1, -0.05) is 142 Å². The molecular weight excluding hydrogens is 668 g/mol. The number of carbonyl (C=O) groups is 2. The molecule has 1 aliphatic rings. The summed E-state index contributed by atoms with van der Waals surface area (Å²) < 4.78 is 53.7. The Morgan fingerprint density at radius 1 is 0.600 bits per heavy atom. The molecule has 0 aromatic carbocycles. The molecule has 0 saturated carbocycles. The van der Waals surface area contributed by atoms with Gasteiger partial charge < -0.3 is 34.3 Å². The quantitative estimate of drug-likeness (QED) is 0.0332. The van der Waals surface area contributed by atoms with E-state index in [4.69, 9.17) is 18.9 Å². The molecule has 50 heavy (non-hydrogen) atoms. The largest absolute Gasteiger partial charge is 0.462 e. The molecule has 4 N–H and O–H groups in total. The Bertz CT molecular complexity index is 962. The standard InChI is InChI=1S/C37H70O12S/c1-3-5-7-9-11-13-14-15-16-18-20-22-24-26-33(39)48-30(27-46-32(38)25-23-21-19-17-12-10-8-6-4-2)28-47-37-36(42)35(41)34(40)31(49-37)29-50(43,44)45/h30-31,34-37,40-42H,3-29H2,1-2H3,(H,43,44,45)/t30-,31-,34-,35?,36?,37+/m1/s1. The number of ether oxygens (including phenoxy) is 4. The molecular formula is C37H70O12S. The van der Waals surface area contributed by atoms with Crippen molar-refractivity contribution in [1.29, 1.82) is 0 Å². The average molecular weight is 739 g/mol. The molecule has 1 rings (SSSR count). The maximum Gasteiger partial charge on any atom is 0.306 e. The third-order valence-corrected chi connectivity index (χ3v) is 9.94. The number of carbonyl (C=O) groups excluding carboxylic acids is 2. The van der Waals surface area contributed by atoms with Gasteiger partial charge in [-0.15, -0.1) is 0 Å². The number of aliphatic hydroxyl groups excluding tert-OH is 3. The van der Waals surface area contributed by atoms with Gasteiger partial charge in [-0.2, -0.15) is 8.42 Å². The molecule has 6 atom stereocenters. The maximum atomic E-state index is 12.7. The van der Waals surface area contributed by atoms with E-state index in [9.17, 15) is 37.9 Å². The van der Waals surface area contributed by atoms with E-state index in [-0.39, 0.29) is 19.4 Å². The van der Waals surface area contributed by atoms with E-state index in [2.05, 4.69) is 13.8 Å². The average Bonchev–Trinajstić information content (AvgIpc) is 3.07. The van der Waals surface area contributed by atoms with E-state index in [1.165, 1.54) is 89.9 Å². The summed E-state index contributed by atoms with van der Waals surface area (Å²) in [4.78, 5) is 25.2. The van der Waals surface area contributed by atoms with E-state index in [1.54, 1.807) is 0 Å². The van der Waals surface area contributed by atoms with Gasteiger partial charge in [0.25, 0.3) is 10.1 Å². The van der Waals surface area contributed by atoms with Crippen molar-refractivity contribution in [2.24, 2.45) is 0 Å². The third-order valence-electron chi connectivity index (χ3n) is 9.19. The van der Waals surface area contributed by atoms with Crippen molar-refractivity contribution in [3.63, 3.8) is 0 Å². The van der Waals surface area contributed by atoms with Crippen LogP contribution in [0.1, 0.15) is 168 Å². The van der Waals surface area contributed by atoms with Crippen molar-refractivity contribution < 1.29 is 56.8 Å². The van der Waals surface area contributed by atoms with Gasteiger partial charge in [0.2, 0.25) is 0 Å². The minimum Gasteiger partial charge on any atom is -0.462 e. The first kappa shape index (κ1) is 46.7. The lowest BCUT2D eigenvalue weighted by molar-refractivity contribution is -0.297. The summed E-state index contributed by atoms with van der Waals surface area (Å²) in [5.74, 6) is -1.97. The van der Waals surface area contributed by atoms with Crippen LogP contribution in [-0.2, 0) is 38.7 Å². The number of esters is 2. The first-order chi connectivity index (χ1) is 24.0. The molecule has 12 nitrogen and oxygen atoms in total. The SMILES string of the molecule is CCCCCCCCCCCCCCCC(=O)O[C@H](COC(=O)CCCCCCCCCCC)CO[C@H]1O[C@H](CS(=O)(=O)O)[C@@H](O)C(O)C1O. The van der Waals surface area contributed by atoms with Gasteiger partial charge in [0.15, 0.2) is 12.4 Å². The van der Waals surface area contributed by atoms with Gasteiger partial charge in [0.05, 0.1) is 6.61 Å². The normalized spacial score (nSPS) is 21.6. The lowest BCUT2D eigenvalue weighted by Crippen LogP contribution is -2.60. The predicted octanol–water partition coefficient (Wildman–Crippen LogP) is 6.56. The van der Waals surface area contributed by atoms with Crippen LogP contribution in [0.2, 0.25) is 0 Å². The second-order valence-electron chi connectivity index (χ2n) is 14.0. The Morgan fingerprint density at radius 3 is 1.46 bits per heavy atom. The Morgan fingerprint density at radius 2 is 1.02 bits per heavy atom. The van der Waals surface area contributed by atoms with Crippen LogP contribution in [0.25, 0.3) is 0 Å². The van der Waals surface area contributed by atoms with Crippen molar-refractivity contribution in [3.05, 3.63) is 0 Å². The lowest BCUT2D eigenvalue weighted by atomic mass is 10.00. The van der Waals surface area contributed by atoms with Crippen molar-refractivity contribution in [2.75, 3.05) is 19.0 Å². The van der Waals surface area contributed by atoms with Crippen LogP contribution in [0.5, 0.6) is 0 Å². The van der Waals surface area contributed by atoms with Gasteiger partial charge >= 0.3 is 11.9 Å². The van der Waals surface area contributed by atoms with Gasteiger partial charge in [-0.05, 0) is 12.8 Å². The lowest BCUT2D eigenvalue weighted by Gasteiger charge is -2.40. The van der Waals surface area contributed by atoms with Crippen molar-refractivity contribution in [3.8, 4) is 0 Å². The van der Waals surface area contributed by atoms with Crippen molar-refractivity contribution in [2.45, 2.75) is 205 Å². The Hall–Kier alpha value is -1.35. The molecule has 0 bridgehead atoms. The van der Waals surface area contributed by atoms with Crippen LogP contribution < -0.4 is 0 Å². The van der Waals surface area contributed by atoms with Crippen LogP contribution in [0.3, 0.4) is 0 Å². The second-order valence-corrected chi connectivity index (χ2v) is 15.5. The van der Waals surface area contributed by atoms with Gasteiger partial charge in [0, 0.05) is 12.8 Å². The Balaban J connectivity index is 2.51. The summed E-state index contributed by atoms with van der Waals surface area (Å²) in [7, 11) is -4.59. The number of hydrogen-bond donors (Lipinski definition) is 4. The number of unbranched alkanes of at least 4 members (excludes halogenated alkanes) is 20. The fourth-order valence-electron chi connectivity index (χ4n) is 6.09. The summed E-state index contributed by atoms with van der Waals surface area (Å²) in [5, 5.41) is 30.7. The first-order valence-corrected chi connectivity index (χ1v) is 21.2. The minimum atomic E-state index is -4.59. The van der Waals surface area contributed by atoms with Gasteiger partial charge in [-0.25, -0.2) is 0 Å². The zero-order valence-corrected chi connectivity index (χ0v) is 31.8. The molecule has 0 aromatic rings. The molecule has 0 spiro atoms. The van der Waals surface area contributed by atoms with Crippen LogP contribution in [0, 0.1) is 0 Å². The summed E-state index contributed by atoms with van der Waals surface area (Å²) in [6, 6.07) is 0. The molecule has 296 valence electrons. The highest BCUT2D eigenvalue weighted by atomic mass is 32.2. The Kier molecular flexibility index (Phi) is 27.2. The number of aliphatic hydroxyl groups is 3. The fourth-order valence-corrected chi connectivity index (χ4v) is 6.78. The van der Waals surface area contributed by atoms with E-state index < -0.39 is 71.2 Å². The van der Waals surface area contributed by atoms with E-state index in [1.807, 2.05) is 0 Å². The highest BCUT2D eigenvalue weighted by Gasteiger charge is 2.46. The molecule has 0 amide bonds. The van der Waals surface area contributed by atoms with Crippen LogP contribution in [-0.4, -0.2) is 96.0 Å². The van der Waals surface area contributed by atoms with Gasteiger partial charge in [-0.3, -0.25) is 14.1 Å². The molecule has 1 fully saturated rings. The molecule has 2 unspecified atom stereocenters. The summed E-state index contributed by atoms with van der Waals surface area (Å²) in [6.45, 7) is 3.71.